The summed E-state index contributed by atoms with van der Waals surface area (Å²) < 4.78 is 0. The fourth-order valence-corrected chi connectivity index (χ4v) is 2.66. The number of amides is 1. The Morgan fingerprint density at radius 3 is 2.83 bits per heavy atom. The Morgan fingerprint density at radius 1 is 1.56 bits per heavy atom. The molecule has 3 N–H and O–H groups in total. The van der Waals surface area contributed by atoms with Gasteiger partial charge in [0, 0.05) is 30.4 Å². The zero-order chi connectivity index (χ0) is 13.1. The number of nitrogens with zero attached hydrogens (tertiary/aromatic N) is 1. The molecule has 1 heterocycles. The summed E-state index contributed by atoms with van der Waals surface area (Å²) in [6.45, 7) is 7.19. The lowest BCUT2D eigenvalue weighted by Gasteiger charge is -2.30. The highest BCUT2D eigenvalue weighted by molar-refractivity contribution is 5.94. The predicted molar refractivity (Wildman–Crippen MR) is 74.0 cm³/mol. The van der Waals surface area contributed by atoms with Gasteiger partial charge >= 0.3 is 0 Å². The molecule has 1 aliphatic heterocycles. The van der Waals surface area contributed by atoms with Gasteiger partial charge in [0.2, 0.25) is 5.91 Å². The Bertz CT molecular complexity index is 439. The number of rotatable bonds is 4. The molecule has 0 spiro atoms. The van der Waals surface area contributed by atoms with Crippen LogP contribution in [0.5, 0.6) is 0 Å². The number of primary amides is 1. The van der Waals surface area contributed by atoms with Crippen LogP contribution >= 0.6 is 0 Å². The van der Waals surface area contributed by atoms with Crippen LogP contribution < -0.4 is 16.0 Å². The van der Waals surface area contributed by atoms with Crippen LogP contribution in [0.25, 0.3) is 0 Å². The third kappa shape index (κ3) is 2.48. The molecule has 98 valence electrons. The van der Waals surface area contributed by atoms with Crippen LogP contribution in [0.4, 0.5) is 5.69 Å². The van der Waals surface area contributed by atoms with Gasteiger partial charge in [-0.25, -0.2) is 0 Å². The topological polar surface area (TPSA) is 58.4 Å². The Kier molecular flexibility index (Phi) is 3.87. The van der Waals surface area contributed by atoms with Crippen molar-refractivity contribution < 1.29 is 4.79 Å². The number of hydrogen-bond acceptors (Lipinski definition) is 3. The van der Waals surface area contributed by atoms with E-state index in [0.29, 0.717) is 11.6 Å². The average molecular weight is 247 g/mol. The molecule has 18 heavy (non-hydrogen) atoms. The molecule has 1 unspecified atom stereocenters. The van der Waals surface area contributed by atoms with E-state index >= 15 is 0 Å². The van der Waals surface area contributed by atoms with Crippen LogP contribution in [-0.4, -0.2) is 31.6 Å². The van der Waals surface area contributed by atoms with E-state index < -0.39 is 0 Å². The summed E-state index contributed by atoms with van der Waals surface area (Å²) in [6.07, 6.45) is 1.17. The van der Waals surface area contributed by atoms with Crippen molar-refractivity contribution in [1.82, 2.24) is 5.32 Å². The molecule has 4 nitrogen and oxygen atoms in total. The van der Waals surface area contributed by atoms with Crippen molar-refractivity contribution in [2.75, 3.05) is 24.5 Å². The van der Waals surface area contributed by atoms with E-state index in [4.69, 9.17) is 5.73 Å². The summed E-state index contributed by atoms with van der Waals surface area (Å²) in [5.41, 5.74) is 8.07. The maximum absolute atomic E-state index is 11.2. The van der Waals surface area contributed by atoms with Crippen LogP contribution in [0.2, 0.25) is 0 Å². The van der Waals surface area contributed by atoms with Gasteiger partial charge < -0.3 is 16.0 Å². The zero-order valence-corrected chi connectivity index (χ0v) is 11.1. The van der Waals surface area contributed by atoms with E-state index in [0.717, 1.165) is 25.2 Å². The Morgan fingerprint density at radius 2 is 2.33 bits per heavy atom. The zero-order valence-electron chi connectivity index (χ0n) is 11.1. The highest BCUT2D eigenvalue weighted by Gasteiger charge is 2.21. The van der Waals surface area contributed by atoms with E-state index in [1.54, 1.807) is 0 Å². The van der Waals surface area contributed by atoms with Crippen LogP contribution in [0.1, 0.15) is 29.3 Å². The first-order valence-corrected chi connectivity index (χ1v) is 6.51. The van der Waals surface area contributed by atoms with Gasteiger partial charge in [-0.05, 0) is 50.6 Å². The lowest BCUT2D eigenvalue weighted by atomic mass is 10.1. The van der Waals surface area contributed by atoms with Gasteiger partial charge in [0.25, 0.3) is 0 Å². The van der Waals surface area contributed by atoms with Gasteiger partial charge in [-0.3, -0.25) is 4.79 Å². The molecule has 1 amide bonds. The molecule has 1 aromatic rings. The molecule has 4 heteroatoms. The van der Waals surface area contributed by atoms with Crippen molar-refractivity contribution in [2.24, 2.45) is 5.73 Å². The first kappa shape index (κ1) is 12.9. The molecule has 1 fully saturated rings. The molecular weight excluding hydrogens is 226 g/mol. The van der Waals surface area contributed by atoms with Crippen molar-refractivity contribution >= 4 is 11.6 Å². The fourth-order valence-electron chi connectivity index (χ4n) is 2.66. The van der Waals surface area contributed by atoms with Gasteiger partial charge in [0.05, 0.1) is 0 Å². The van der Waals surface area contributed by atoms with Gasteiger partial charge in [0.15, 0.2) is 0 Å². The van der Waals surface area contributed by atoms with Crippen LogP contribution in [0.3, 0.4) is 0 Å². The molecular formula is C14H21N3O. The summed E-state index contributed by atoms with van der Waals surface area (Å²) in [6, 6.07) is 6.43. The second-order valence-electron chi connectivity index (χ2n) is 4.80. The largest absolute Gasteiger partial charge is 0.367 e. The minimum absolute atomic E-state index is 0.357. The number of benzene rings is 1. The lowest BCUT2D eigenvalue weighted by Crippen LogP contribution is -2.36. The van der Waals surface area contributed by atoms with Crippen molar-refractivity contribution in [3.8, 4) is 0 Å². The molecule has 1 saturated heterocycles. The molecule has 0 aliphatic carbocycles. The molecule has 1 aliphatic rings. The van der Waals surface area contributed by atoms with Crippen molar-refractivity contribution in [3.63, 3.8) is 0 Å². The van der Waals surface area contributed by atoms with E-state index in [9.17, 15) is 4.79 Å². The van der Waals surface area contributed by atoms with E-state index in [1.165, 1.54) is 12.1 Å². The first-order valence-electron chi connectivity index (χ1n) is 6.51. The second-order valence-corrected chi connectivity index (χ2v) is 4.80. The number of hydrogen-bond donors (Lipinski definition) is 2. The van der Waals surface area contributed by atoms with Crippen LogP contribution in [0.15, 0.2) is 18.2 Å². The Labute approximate surface area is 108 Å². The second kappa shape index (κ2) is 5.40. The number of nitrogens with two attached hydrogens (primary N) is 1. The number of likely N-dealkylation sites (N-methyl/N-ethyl adjacent to an activating group) is 1. The van der Waals surface area contributed by atoms with Gasteiger partial charge in [-0.1, -0.05) is 0 Å². The molecule has 0 saturated carbocycles. The first-order chi connectivity index (χ1) is 8.63. The monoisotopic (exact) mass is 247 g/mol. The van der Waals surface area contributed by atoms with E-state index in [2.05, 4.69) is 23.2 Å². The quantitative estimate of drug-likeness (QED) is 0.842. The minimum Gasteiger partial charge on any atom is -0.367 e. The Hall–Kier alpha value is -1.55. The highest BCUT2D eigenvalue weighted by atomic mass is 16.1. The number of carbonyl (C=O) groups excluding carboxylic acids is 1. The highest BCUT2D eigenvalue weighted by Crippen LogP contribution is 2.23. The van der Waals surface area contributed by atoms with Gasteiger partial charge in [-0.2, -0.15) is 0 Å². The SMILES string of the molecule is CCN(c1ccc(C(N)=O)c(C)c1)C1CCNC1. The molecule has 0 aromatic heterocycles. The van der Waals surface area contributed by atoms with Crippen molar-refractivity contribution in [1.29, 1.82) is 0 Å². The maximum Gasteiger partial charge on any atom is 0.248 e. The van der Waals surface area contributed by atoms with Crippen molar-refractivity contribution in [2.45, 2.75) is 26.3 Å². The third-order valence-corrected chi connectivity index (χ3v) is 3.62. The van der Waals surface area contributed by atoms with E-state index in [1.807, 2.05) is 19.1 Å². The summed E-state index contributed by atoms with van der Waals surface area (Å²) >= 11 is 0. The number of carbonyl (C=O) groups is 1. The molecule has 0 radical (unpaired) electrons. The smallest absolute Gasteiger partial charge is 0.248 e. The fraction of sp³-hybridized carbons (Fsp3) is 0.500. The van der Waals surface area contributed by atoms with Gasteiger partial charge in [0.1, 0.15) is 0 Å². The lowest BCUT2D eigenvalue weighted by molar-refractivity contribution is 0.1000. The Balaban J connectivity index is 2.26. The van der Waals surface area contributed by atoms with E-state index in [-0.39, 0.29) is 5.91 Å². The summed E-state index contributed by atoms with van der Waals surface area (Å²) in [7, 11) is 0. The predicted octanol–water partition coefficient (Wildman–Crippen LogP) is 1.28. The van der Waals surface area contributed by atoms with Crippen LogP contribution in [0, 0.1) is 6.92 Å². The minimum atomic E-state index is -0.357. The number of nitrogens with one attached hydrogen (secondary N) is 1. The average Bonchev–Trinajstić information content (AvgIpc) is 2.83. The number of aryl methyl sites for hydroxylation is 1. The molecule has 1 aromatic carbocycles. The maximum atomic E-state index is 11.2. The normalized spacial score (nSPS) is 18.9. The standard InChI is InChI=1S/C14H21N3O/c1-3-17(12-6-7-16-9-12)11-4-5-13(14(15)18)10(2)8-11/h4-5,8,12,16H,3,6-7,9H2,1-2H3,(H2,15,18). The molecule has 2 rings (SSSR count). The molecule has 0 bridgehead atoms. The summed E-state index contributed by atoms with van der Waals surface area (Å²) in [4.78, 5) is 13.6. The summed E-state index contributed by atoms with van der Waals surface area (Å²) in [5, 5.41) is 3.39. The van der Waals surface area contributed by atoms with Gasteiger partial charge in [-0.15, -0.1) is 0 Å². The third-order valence-electron chi connectivity index (χ3n) is 3.62. The van der Waals surface area contributed by atoms with Crippen molar-refractivity contribution in [3.05, 3.63) is 29.3 Å². The van der Waals surface area contributed by atoms with Crippen LogP contribution in [-0.2, 0) is 0 Å². The number of anilines is 1. The summed E-state index contributed by atoms with van der Waals surface area (Å²) in [5.74, 6) is -0.357. The molecule has 1 atom stereocenters.